The molecular formula is C23H22ClFN2OS. The summed E-state index contributed by atoms with van der Waals surface area (Å²) in [5, 5.41) is 2.69. The Hall–Kier alpha value is -2.21. The molecule has 1 aromatic heterocycles. The highest BCUT2D eigenvalue weighted by atomic mass is 35.5. The molecule has 29 heavy (non-hydrogen) atoms. The van der Waals surface area contributed by atoms with Gasteiger partial charge in [0.05, 0.1) is 4.88 Å². The van der Waals surface area contributed by atoms with Crippen LogP contribution in [-0.4, -0.2) is 29.9 Å². The molecule has 2 heterocycles. The van der Waals surface area contributed by atoms with Crippen LogP contribution in [0.5, 0.6) is 0 Å². The van der Waals surface area contributed by atoms with E-state index in [0.29, 0.717) is 4.88 Å². The second-order valence-corrected chi connectivity index (χ2v) is 8.58. The fourth-order valence-corrected chi connectivity index (χ4v) is 4.67. The number of likely N-dealkylation sites (tertiary alicyclic amines) is 1. The number of piperidine rings is 1. The largest absolute Gasteiger partial charge is 0.305 e. The van der Waals surface area contributed by atoms with Crippen LogP contribution in [-0.2, 0) is 6.54 Å². The van der Waals surface area contributed by atoms with E-state index in [9.17, 15) is 9.18 Å². The maximum atomic E-state index is 13.4. The van der Waals surface area contributed by atoms with E-state index in [1.54, 1.807) is 12.1 Å². The molecule has 0 bridgehead atoms. The standard InChI is InChI=1S/C23H22ClFN2OS/c24-21-5-2-1-4-17(21)16-26-13-11-20(12-14-26)27(19-9-7-18(25)8-10-19)23(28)22-6-3-15-29-22/h1-10,15,20H,11-14,16H2. The van der Waals surface area contributed by atoms with Gasteiger partial charge in [-0.3, -0.25) is 9.69 Å². The molecule has 150 valence electrons. The zero-order valence-electron chi connectivity index (χ0n) is 15.9. The molecule has 0 N–H and O–H groups in total. The first-order valence-corrected chi connectivity index (χ1v) is 11.0. The number of carbonyl (C=O) groups excluding carboxylic acids is 1. The molecule has 0 spiro atoms. The van der Waals surface area contributed by atoms with Crippen LogP contribution in [0.15, 0.2) is 66.0 Å². The van der Waals surface area contributed by atoms with Crippen molar-refractivity contribution in [2.75, 3.05) is 18.0 Å². The first kappa shape index (κ1) is 20.1. The molecule has 6 heteroatoms. The van der Waals surface area contributed by atoms with E-state index in [0.717, 1.165) is 48.7 Å². The summed E-state index contributed by atoms with van der Waals surface area (Å²) >= 11 is 7.74. The Morgan fingerprint density at radius 2 is 1.79 bits per heavy atom. The zero-order chi connectivity index (χ0) is 20.2. The van der Waals surface area contributed by atoms with E-state index in [1.807, 2.05) is 40.6 Å². The van der Waals surface area contributed by atoms with E-state index >= 15 is 0 Å². The summed E-state index contributed by atoms with van der Waals surface area (Å²) in [6.07, 6.45) is 1.72. The van der Waals surface area contributed by atoms with Crippen molar-refractivity contribution in [3.63, 3.8) is 0 Å². The normalized spacial score (nSPS) is 15.4. The third-order valence-electron chi connectivity index (χ3n) is 5.33. The number of carbonyl (C=O) groups is 1. The van der Waals surface area contributed by atoms with Crippen molar-refractivity contribution in [2.24, 2.45) is 0 Å². The minimum absolute atomic E-state index is 0.0174. The molecule has 1 fully saturated rings. The molecule has 0 radical (unpaired) electrons. The maximum absolute atomic E-state index is 13.4. The predicted octanol–water partition coefficient (Wildman–Crippen LogP) is 5.85. The Labute approximate surface area is 179 Å². The number of hydrogen-bond donors (Lipinski definition) is 0. The molecule has 0 atom stereocenters. The van der Waals surface area contributed by atoms with Crippen molar-refractivity contribution in [3.05, 3.63) is 87.3 Å². The number of halogens is 2. The van der Waals surface area contributed by atoms with Gasteiger partial charge in [-0.1, -0.05) is 35.9 Å². The lowest BCUT2D eigenvalue weighted by Gasteiger charge is -2.38. The quantitative estimate of drug-likeness (QED) is 0.508. The molecule has 2 aromatic carbocycles. The van der Waals surface area contributed by atoms with Crippen LogP contribution >= 0.6 is 22.9 Å². The maximum Gasteiger partial charge on any atom is 0.268 e. The van der Waals surface area contributed by atoms with Crippen LogP contribution in [0.25, 0.3) is 0 Å². The van der Waals surface area contributed by atoms with Crippen molar-refractivity contribution in [1.82, 2.24) is 4.90 Å². The SMILES string of the molecule is O=C(c1cccs1)N(c1ccc(F)cc1)C1CCN(Cc2ccccc2Cl)CC1. The van der Waals surface area contributed by atoms with Crippen LogP contribution in [0, 0.1) is 5.82 Å². The summed E-state index contributed by atoms with van der Waals surface area (Å²) in [4.78, 5) is 18.1. The van der Waals surface area contributed by atoms with Crippen LogP contribution in [0.2, 0.25) is 5.02 Å². The zero-order valence-corrected chi connectivity index (χ0v) is 17.5. The van der Waals surface area contributed by atoms with Gasteiger partial charge < -0.3 is 4.90 Å². The molecule has 3 aromatic rings. The Balaban J connectivity index is 1.50. The van der Waals surface area contributed by atoms with Crippen molar-refractivity contribution < 1.29 is 9.18 Å². The van der Waals surface area contributed by atoms with Crippen LogP contribution in [0.3, 0.4) is 0 Å². The van der Waals surface area contributed by atoms with Gasteiger partial charge in [-0.25, -0.2) is 4.39 Å². The molecule has 1 aliphatic heterocycles. The number of thiophene rings is 1. The predicted molar refractivity (Wildman–Crippen MR) is 117 cm³/mol. The van der Waals surface area contributed by atoms with Gasteiger partial charge in [0.15, 0.2) is 0 Å². The van der Waals surface area contributed by atoms with Gasteiger partial charge in [-0.05, 0) is 60.2 Å². The summed E-state index contributed by atoms with van der Waals surface area (Å²) < 4.78 is 13.4. The highest BCUT2D eigenvalue weighted by Gasteiger charge is 2.30. The van der Waals surface area contributed by atoms with Crippen LogP contribution < -0.4 is 4.90 Å². The summed E-state index contributed by atoms with van der Waals surface area (Å²) in [5.41, 5.74) is 1.87. The van der Waals surface area contributed by atoms with Gasteiger partial charge in [-0.15, -0.1) is 11.3 Å². The highest BCUT2D eigenvalue weighted by molar-refractivity contribution is 7.12. The van der Waals surface area contributed by atoms with Gasteiger partial charge in [-0.2, -0.15) is 0 Å². The lowest BCUT2D eigenvalue weighted by molar-refractivity contribution is 0.0962. The Kier molecular flexibility index (Phi) is 6.28. The van der Waals surface area contributed by atoms with Crippen LogP contribution in [0.4, 0.5) is 10.1 Å². The summed E-state index contributed by atoms with van der Waals surface area (Å²) in [6.45, 7) is 2.57. The second-order valence-electron chi connectivity index (χ2n) is 7.23. The molecule has 0 aliphatic carbocycles. The third kappa shape index (κ3) is 4.69. The molecule has 0 unspecified atom stereocenters. The third-order valence-corrected chi connectivity index (χ3v) is 6.56. The van der Waals surface area contributed by atoms with E-state index in [4.69, 9.17) is 11.6 Å². The molecule has 1 aliphatic rings. The van der Waals surface area contributed by atoms with E-state index in [-0.39, 0.29) is 17.8 Å². The number of hydrogen-bond acceptors (Lipinski definition) is 3. The van der Waals surface area contributed by atoms with E-state index < -0.39 is 0 Å². The monoisotopic (exact) mass is 428 g/mol. The van der Waals surface area contributed by atoms with Crippen molar-refractivity contribution in [2.45, 2.75) is 25.4 Å². The topological polar surface area (TPSA) is 23.6 Å². The number of nitrogens with zero attached hydrogens (tertiary/aromatic N) is 2. The lowest BCUT2D eigenvalue weighted by atomic mass is 10.0. The second kappa shape index (κ2) is 9.08. The summed E-state index contributed by atoms with van der Waals surface area (Å²) in [5.74, 6) is -0.317. The molecule has 0 saturated carbocycles. The van der Waals surface area contributed by atoms with Gasteiger partial charge in [0.25, 0.3) is 5.91 Å². The van der Waals surface area contributed by atoms with E-state index in [2.05, 4.69) is 11.0 Å². The fourth-order valence-electron chi connectivity index (χ4n) is 3.82. The Morgan fingerprint density at radius 1 is 1.07 bits per heavy atom. The minimum Gasteiger partial charge on any atom is -0.305 e. The van der Waals surface area contributed by atoms with Crippen molar-refractivity contribution >= 4 is 34.5 Å². The number of rotatable bonds is 5. The average molecular weight is 429 g/mol. The number of anilines is 1. The molecule has 1 amide bonds. The molecule has 1 saturated heterocycles. The smallest absolute Gasteiger partial charge is 0.268 e. The summed E-state index contributed by atoms with van der Waals surface area (Å²) in [6, 6.07) is 17.9. The Morgan fingerprint density at radius 3 is 2.45 bits per heavy atom. The summed E-state index contributed by atoms with van der Waals surface area (Å²) in [7, 11) is 0. The van der Waals surface area contributed by atoms with E-state index in [1.165, 1.54) is 23.5 Å². The number of amides is 1. The van der Waals surface area contributed by atoms with Gasteiger partial charge >= 0.3 is 0 Å². The van der Waals surface area contributed by atoms with Crippen molar-refractivity contribution in [1.29, 1.82) is 0 Å². The molecule has 4 rings (SSSR count). The highest BCUT2D eigenvalue weighted by Crippen LogP contribution is 2.28. The number of benzene rings is 2. The fraction of sp³-hybridized carbons (Fsp3) is 0.261. The minimum atomic E-state index is -0.299. The molecular weight excluding hydrogens is 407 g/mol. The van der Waals surface area contributed by atoms with Crippen LogP contribution in [0.1, 0.15) is 28.1 Å². The first-order valence-electron chi connectivity index (χ1n) is 9.70. The van der Waals surface area contributed by atoms with Gasteiger partial charge in [0.1, 0.15) is 5.82 Å². The average Bonchev–Trinajstić information content (AvgIpc) is 3.27. The first-order chi connectivity index (χ1) is 14.1. The van der Waals surface area contributed by atoms with Gasteiger partial charge in [0, 0.05) is 36.4 Å². The molecule has 3 nitrogen and oxygen atoms in total. The van der Waals surface area contributed by atoms with Crippen molar-refractivity contribution in [3.8, 4) is 0 Å². The Bertz CT molecular complexity index is 953. The lowest BCUT2D eigenvalue weighted by Crippen LogP contribution is -2.47. The van der Waals surface area contributed by atoms with Gasteiger partial charge in [0.2, 0.25) is 0 Å².